The summed E-state index contributed by atoms with van der Waals surface area (Å²) >= 11 is 2.51. The highest BCUT2D eigenvalue weighted by atomic mass is 127. The average Bonchev–Trinajstić information content (AvgIpc) is 2.30. The lowest BCUT2D eigenvalue weighted by Crippen LogP contribution is -2.02. The van der Waals surface area contributed by atoms with Crippen molar-refractivity contribution in [3.8, 4) is 0 Å². The molecule has 0 spiro atoms. The van der Waals surface area contributed by atoms with E-state index in [9.17, 15) is 0 Å². The Morgan fingerprint density at radius 1 is 1.06 bits per heavy atom. The number of alkyl halides is 1. The summed E-state index contributed by atoms with van der Waals surface area (Å²) in [5.41, 5.74) is 4.60. The van der Waals surface area contributed by atoms with E-state index in [1.54, 1.807) is 16.5 Å². The molecule has 0 aromatic heterocycles. The molecule has 0 fully saturated rings. The molecule has 0 nitrogen and oxygen atoms in total. The normalized spacial score (nSPS) is 16.4. The van der Waals surface area contributed by atoms with Crippen LogP contribution in [0.25, 0.3) is 10.8 Å². The van der Waals surface area contributed by atoms with Gasteiger partial charge in [-0.25, -0.2) is 0 Å². The van der Waals surface area contributed by atoms with E-state index >= 15 is 0 Å². The molecule has 0 bridgehead atoms. The zero-order valence-electron chi connectivity index (χ0n) is 9.46. The molecular formula is C15H15I. The maximum absolute atomic E-state index is 2.51. The van der Waals surface area contributed by atoms with Crippen LogP contribution < -0.4 is 0 Å². The molecule has 0 saturated heterocycles. The standard InChI is InChI=1S/C15H15I/c1-10(16)13-9-8-12-5-2-4-11-6-3-7-14(13)15(11)12/h3,6-10H,2,4-5H2,1H3. The molecule has 0 saturated carbocycles. The fraction of sp³-hybridized carbons (Fsp3) is 0.333. The lowest BCUT2D eigenvalue weighted by molar-refractivity contribution is 0.807. The fourth-order valence-corrected chi connectivity index (χ4v) is 3.36. The van der Waals surface area contributed by atoms with Crippen molar-refractivity contribution in [2.75, 3.05) is 0 Å². The van der Waals surface area contributed by atoms with E-state index in [1.165, 1.54) is 30.2 Å². The van der Waals surface area contributed by atoms with Gasteiger partial charge in [-0.15, -0.1) is 0 Å². The van der Waals surface area contributed by atoms with E-state index in [0.717, 1.165) is 0 Å². The number of halogens is 1. The van der Waals surface area contributed by atoms with Crippen LogP contribution in [0.4, 0.5) is 0 Å². The van der Waals surface area contributed by atoms with Gasteiger partial charge in [-0.1, -0.05) is 52.9 Å². The summed E-state index contributed by atoms with van der Waals surface area (Å²) in [6, 6.07) is 11.5. The fourth-order valence-electron chi connectivity index (χ4n) is 2.82. The summed E-state index contributed by atoms with van der Waals surface area (Å²) in [6.45, 7) is 2.27. The minimum atomic E-state index is 0.587. The molecule has 0 amide bonds. The monoisotopic (exact) mass is 322 g/mol. The van der Waals surface area contributed by atoms with Crippen molar-refractivity contribution in [2.45, 2.75) is 30.1 Å². The summed E-state index contributed by atoms with van der Waals surface area (Å²) in [6.07, 6.45) is 3.82. The second kappa shape index (κ2) is 4.02. The summed E-state index contributed by atoms with van der Waals surface area (Å²) < 4.78 is 0.587. The van der Waals surface area contributed by atoms with Crippen molar-refractivity contribution in [3.05, 3.63) is 47.0 Å². The third kappa shape index (κ3) is 1.56. The van der Waals surface area contributed by atoms with E-state index in [0.29, 0.717) is 3.92 Å². The molecule has 0 aliphatic heterocycles. The van der Waals surface area contributed by atoms with Gasteiger partial charge in [0.25, 0.3) is 0 Å². The highest BCUT2D eigenvalue weighted by Gasteiger charge is 2.15. The highest BCUT2D eigenvalue weighted by molar-refractivity contribution is 14.1. The maximum Gasteiger partial charge on any atom is 0.0337 e. The Bertz CT molecular complexity index is 530. The molecule has 0 radical (unpaired) electrons. The van der Waals surface area contributed by atoms with Gasteiger partial charge in [0.1, 0.15) is 0 Å². The third-order valence-corrected chi connectivity index (χ3v) is 4.24. The molecule has 16 heavy (non-hydrogen) atoms. The molecule has 0 N–H and O–H groups in total. The number of hydrogen-bond acceptors (Lipinski definition) is 0. The summed E-state index contributed by atoms with van der Waals surface area (Å²) in [7, 11) is 0. The van der Waals surface area contributed by atoms with Crippen molar-refractivity contribution in [2.24, 2.45) is 0 Å². The van der Waals surface area contributed by atoms with Crippen molar-refractivity contribution >= 4 is 33.4 Å². The molecule has 2 aromatic rings. The Kier molecular flexibility index (Phi) is 2.66. The number of benzene rings is 2. The summed E-state index contributed by atoms with van der Waals surface area (Å²) in [5.74, 6) is 0. The first kappa shape index (κ1) is 10.6. The van der Waals surface area contributed by atoms with Crippen LogP contribution in [0.3, 0.4) is 0 Å². The van der Waals surface area contributed by atoms with Crippen molar-refractivity contribution < 1.29 is 0 Å². The van der Waals surface area contributed by atoms with Crippen molar-refractivity contribution in [3.63, 3.8) is 0 Å². The van der Waals surface area contributed by atoms with Crippen LogP contribution in [0.15, 0.2) is 30.3 Å². The van der Waals surface area contributed by atoms with Crippen LogP contribution in [-0.4, -0.2) is 0 Å². The molecule has 82 valence electrons. The third-order valence-electron chi connectivity index (χ3n) is 3.57. The van der Waals surface area contributed by atoms with E-state index in [1.807, 2.05) is 0 Å². The second-order valence-electron chi connectivity index (χ2n) is 4.62. The zero-order chi connectivity index (χ0) is 11.1. The van der Waals surface area contributed by atoms with E-state index < -0.39 is 0 Å². The molecule has 1 unspecified atom stereocenters. The maximum atomic E-state index is 2.51. The van der Waals surface area contributed by atoms with Crippen LogP contribution in [0.5, 0.6) is 0 Å². The average molecular weight is 322 g/mol. The summed E-state index contributed by atoms with van der Waals surface area (Å²) in [5, 5.41) is 3.03. The quantitative estimate of drug-likeness (QED) is 0.521. The van der Waals surface area contributed by atoms with Crippen molar-refractivity contribution in [1.82, 2.24) is 0 Å². The number of rotatable bonds is 1. The lowest BCUT2D eigenvalue weighted by Gasteiger charge is -2.20. The van der Waals surface area contributed by atoms with E-state index in [2.05, 4.69) is 59.8 Å². The van der Waals surface area contributed by atoms with E-state index in [4.69, 9.17) is 0 Å². The smallest absolute Gasteiger partial charge is 0.0337 e. The van der Waals surface area contributed by atoms with Crippen LogP contribution >= 0.6 is 22.6 Å². The Hall–Kier alpha value is -0.570. The Balaban J connectivity index is 2.40. The topological polar surface area (TPSA) is 0 Å². The predicted molar refractivity (Wildman–Crippen MR) is 78.4 cm³/mol. The van der Waals surface area contributed by atoms with Gasteiger partial charge in [0, 0.05) is 3.92 Å². The van der Waals surface area contributed by atoms with Crippen LogP contribution in [0.2, 0.25) is 0 Å². The summed E-state index contributed by atoms with van der Waals surface area (Å²) in [4.78, 5) is 0. The van der Waals surface area contributed by atoms with E-state index in [-0.39, 0.29) is 0 Å². The predicted octanol–water partition coefficient (Wildman–Crippen LogP) is 4.82. The van der Waals surface area contributed by atoms with Gasteiger partial charge in [0.15, 0.2) is 0 Å². The second-order valence-corrected chi connectivity index (χ2v) is 6.49. The molecule has 1 atom stereocenters. The molecule has 0 heterocycles. The van der Waals surface area contributed by atoms with Gasteiger partial charge in [0.05, 0.1) is 0 Å². The van der Waals surface area contributed by atoms with Gasteiger partial charge >= 0.3 is 0 Å². The van der Waals surface area contributed by atoms with Crippen LogP contribution in [-0.2, 0) is 12.8 Å². The van der Waals surface area contributed by atoms with Gasteiger partial charge in [-0.05, 0) is 53.6 Å². The molecule has 1 heteroatoms. The highest BCUT2D eigenvalue weighted by Crippen LogP contribution is 2.36. The van der Waals surface area contributed by atoms with Gasteiger partial charge in [0.2, 0.25) is 0 Å². The lowest BCUT2D eigenvalue weighted by atomic mass is 9.86. The Morgan fingerprint density at radius 2 is 1.81 bits per heavy atom. The van der Waals surface area contributed by atoms with Crippen LogP contribution in [0.1, 0.15) is 34.0 Å². The minimum Gasteiger partial charge on any atom is -0.0777 e. The first-order valence-electron chi connectivity index (χ1n) is 5.95. The SMILES string of the molecule is CC(I)c1ccc2c3c(cccc13)CCC2. The van der Waals surface area contributed by atoms with Gasteiger partial charge in [-0.2, -0.15) is 0 Å². The minimum absolute atomic E-state index is 0.587. The molecule has 3 rings (SSSR count). The Morgan fingerprint density at radius 3 is 2.56 bits per heavy atom. The molecule has 1 aliphatic rings. The van der Waals surface area contributed by atoms with Crippen molar-refractivity contribution in [1.29, 1.82) is 0 Å². The van der Waals surface area contributed by atoms with Gasteiger partial charge in [-0.3, -0.25) is 0 Å². The van der Waals surface area contributed by atoms with Gasteiger partial charge < -0.3 is 0 Å². The first-order chi connectivity index (χ1) is 7.77. The number of aryl methyl sites for hydroxylation is 2. The Labute approximate surface area is 110 Å². The molecule has 1 aliphatic carbocycles. The first-order valence-corrected chi connectivity index (χ1v) is 7.19. The number of hydrogen-bond donors (Lipinski definition) is 0. The largest absolute Gasteiger partial charge is 0.0777 e. The molecule has 2 aromatic carbocycles. The zero-order valence-corrected chi connectivity index (χ0v) is 11.6. The van der Waals surface area contributed by atoms with Crippen LogP contribution in [0, 0.1) is 0 Å². The molecular weight excluding hydrogens is 307 g/mol.